The maximum atomic E-state index is 6.28. The zero-order valence-electron chi connectivity index (χ0n) is 12.3. The molecule has 0 heterocycles. The first kappa shape index (κ1) is 15.7. The Labute approximate surface area is 132 Å². The molecule has 2 aromatic rings. The largest absolute Gasteiger partial charge is 0.349 e. The van der Waals surface area contributed by atoms with Gasteiger partial charge in [0.1, 0.15) is 0 Å². The standard InChI is InChI=1S/C18H22N2S/c1-2-14(15-9-5-3-6-10-15)13-17(19)18(21)20-16-11-7-4-8-12-16/h3-12,14,17H,2,13,19H2,1H3,(H,20,21). The molecule has 2 atom stereocenters. The molecule has 0 fully saturated rings. The van der Waals surface area contributed by atoms with Gasteiger partial charge in [-0.15, -0.1) is 0 Å². The molecule has 110 valence electrons. The van der Waals surface area contributed by atoms with Gasteiger partial charge in [-0.25, -0.2) is 0 Å². The molecule has 0 aliphatic rings. The number of hydrogen-bond donors (Lipinski definition) is 2. The average Bonchev–Trinajstić information content (AvgIpc) is 2.54. The van der Waals surface area contributed by atoms with Gasteiger partial charge in [-0.1, -0.05) is 67.7 Å². The van der Waals surface area contributed by atoms with E-state index in [2.05, 4.69) is 36.5 Å². The van der Waals surface area contributed by atoms with Crippen LogP contribution in [0.4, 0.5) is 5.69 Å². The molecular formula is C18H22N2S. The lowest BCUT2D eigenvalue weighted by atomic mass is 9.90. The lowest BCUT2D eigenvalue weighted by Gasteiger charge is -2.21. The van der Waals surface area contributed by atoms with Crippen LogP contribution in [-0.4, -0.2) is 11.0 Å². The lowest BCUT2D eigenvalue weighted by Crippen LogP contribution is -2.35. The summed E-state index contributed by atoms with van der Waals surface area (Å²) in [6.45, 7) is 2.19. The van der Waals surface area contributed by atoms with Crippen LogP contribution >= 0.6 is 12.2 Å². The van der Waals surface area contributed by atoms with E-state index in [-0.39, 0.29) is 6.04 Å². The van der Waals surface area contributed by atoms with Gasteiger partial charge in [0.2, 0.25) is 0 Å². The maximum absolute atomic E-state index is 6.28. The Balaban J connectivity index is 1.96. The minimum atomic E-state index is -0.134. The molecule has 3 N–H and O–H groups in total. The van der Waals surface area contributed by atoms with E-state index in [0.717, 1.165) is 18.5 Å². The van der Waals surface area contributed by atoms with Crippen LogP contribution in [0.2, 0.25) is 0 Å². The topological polar surface area (TPSA) is 38.0 Å². The molecule has 2 nitrogen and oxygen atoms in total. The zero-order chi connectivity index (χ0) is 15.1. The van der Waals surface area contributed by atoms with Crippen molar-refractivity contribution in [1.29, 1.82) is 0 Å². The van der Waals surface area contributed by atoms with Gasteiger partial charge in [-0.2, -0.15) is 0 Å². The first-order valence-corrected chi connectivity index (χ1v) is 7.78. The first-order valence-electron chi connectivity index (χ1n) is 7.37. The molecule has 0 bridgehead atoms. The van der Waals surface area contributed by atoms with Crippen LogP contribution in [-0.2, 0) is 0 Å². The number of anilines is 1. The number of rotatable bonds is 6. The van der Waals surface area contributed by atoms with Crippen LogP contribution in [0, 0.1) is 0 Å². The molecular weight excluding hydrogens is 276 g/mol. The minimum Gasteiger partial charge on any atom is -0.349 e. The summed E-state index contributed by atoms with van der Waals surface area (Å²) in [7, 11) is 0. The van der Waals surface area contributed by atoms with Crippen LogP contribution < -0.4 is 11.1 Å². The Bertz CT molecular complexity index is 554. The minimum absolute atomic E-state index is 0.134. The molecule has 21 heavy (non-hydrogen) atoms. The van der Waals surface area contributed by atoms with Gasteiger partial charge < -0.3 is 11.1 Å². The van der Waals surface area contributed by atoms with E-state index >= 15 is 0 Å². The van der Waals surface area contributed by atoms with Crippen molar-refractivity contribution in [3.8, 4) is 0 Å². The van der Waals surface area contributed by atoms with Crippen LogP contribution in [0.25, 0.3) is 0 Å². The highest BCUT2D eigenvalue weighted by molar-refractivity contribution is 7.80. The van der Waals surface area contributed by atoms with E-state index in [1.165, 1.54) is 5.56 Å². The summed E-state index contributed by atoms with van der Waals surface area (Å²) in [5, 5.41) is 3.23. The quantitative estimate of drug-likeness (QED) is 0.779. The third kappa shape index (κ3) is 4.66. The van der Waals surface area contributed by atoms with Crippen molar-refractivity contribution in [2.45, 2.75) is 31.7 Å². The van der Waals surface area contributed by atoms with Gasteiger partial charge in [-0.05, 0) is 36.5 Å². The molecule has 0 amide bonds. The predicted molar refractivity (Wildman–Crippen MR) is 94.7 cm³/mol. The number of hydrogen-bond acceptors (Lipinski definition) is 2. The Morgan fingerprint density at radius 1 is 1.05 bits per heavy atom. The zero-order valence-corrected chi connectivity index (χ0v) is 13.1. The van der Waals surface area contributed by atoms with Crippen molar-refractivity contribution >= 4 is 22.9 Å². The van der Waals surface area contributed by atoms with Crippen molar-refractivity contribution in [3.63, 3.8) is 0 Å². The molecule has 2 aromatic carbocycles. The molecule has 0 aromatic heterocycles. The fourth-order valence-corrected chi connectivity index (χ4v) is 2.65. The van der Waals surface area contributed by atoms with E-state index in [1.54, 1.807) is 0 Å². The molecule has 2 rings (SSSR count). The Morgan fingerprint density at radius 2 is 1.62 bits per heavy atom. The SMILES string of the molecule is CCC(CC(N)C(=S)Nc1ccccc1)c1ccccc1. The van der Waals surface area contributed by atoms with Crippen molar-refractivity contribution in [2.75, 3.05) is 5.32 Å². The third-order valence-electron chi connectivity index (χ3n) is 3.68. The summed E-state index contributed by atoms with van der Waals surface area (Å²) in [6.07, 6.45) is 1.92. The maximum Gasteiger partial charge on any atom is 0.0967 e. The molecule has 0 aliphatic heterocycles. The van der Waals surface area contributed by atoms with E-state index in [9.17, 15) is 0 Å². The molecule has 3 heteroatoms. The van der Waals surface area contributed by atoms with Gasteiger partial charge in [0.25, 0.3) is 0 Å². The normalized spacial score (nSPS) is 13.4. The first-order chi connectivity index (χ1) is 10.2. The summed E-state index contributed by atoms with van der Waals surface area (Å²) in [5.41, 5.74) is 8.60. The molecule has 0 spiro atoms. The second-order valence-corrected chi connectivity index (χ2v) is 5.65. The van der Waals surface area contributed by atoms with E-state index < -0.39 is 0 Å². The molecule has 2 unspecified atom stereocenters. The predicted octanol–water partition coefficient (Wildman–Crippen LogP) is 4.34. The van der Waals surface area contributed by atoms with Crippen LogP contribution in [0.3, 0.4) is 0 Å². The van der Waals surface area contributed by atoms with E-state index in [0.29, 0.717) is 10.9 Å². The van der Waals surface area contributed by atoms with Crippen molar-refractivity contribution in [1.82, 2.24) is 0 Å². The summed E-state index contributed by atoms with van der Waals surface area (Å²) in [6, 6.07) is 20.3. The van der Waals surface area contributed by atoms with Crippen LogP contribution in [0.5, 0.6) is 0 Å². The second kappa shape index (κ2) is 7.91. The summed E-state index contributed by atoms with van der Waals surface area (Å²) in [4.78, 5) is 0.704. The number of para-hydroxylation sites is 1. The molecule has 0 saturated carbocycles. The van der Waals surface area contributed by atoms with Crippen molar-refractivity contribution < 1.29 is 0 Å². The molecule has 0 saturated heterocycles. The number of thiocarbonyl (C=S) groups is 1. The third-order valence-corrected chi connectivity index (χ3v) is 4.09. The summed E-state index contributed by atoms with van der Waals surface area (Å²) >= 11 is 5.44. The highest BCUT2D eigenvalue weighted by atomic mass is 32.1. The highest BCUT2D eigenvalue weighted by Crippen LogP contribution is 2.24. The smallest absolute Gasteiger partial charge is 0.0967 e. The Kier molecular flexibility index (Phi) is 5.90. The fourth-order valence-electron chi connectivity index (χ4n) is 2.43. The van der Waals surface area contributed by atoms with E-state index in [4.69, 9.17) is 18.0 Å². The average molecular weight is 298 g/mol. The Hall–Kier alpha value is -1.71. The summed E-state index contributed by atoms with van der Waals surface area (Å²) in [5.74, 6) is 0.441. The molecule has 0 aliphatic carbocycles. The van der Waals surface area contributed by atoms with Gasteiger partial charge in [0.15, 0.2) is 0 Å². The highest BCUT2D eigenvalue weighted by Gasteiger charge is 2.17. The van der Waals surface area contributed by atoms with Gasteiger partial charge >= 0.3 is 0 Å². The lowest BCUT2D eigenvalue weighted by molar-refractivity contribution is 0.582. The van der Waals surface area contributed by atoms with Gasteiger partial charge in [0.05, 0.1) is 11.0 Å². The van der Waals surface area contributed by atoms with Gasteiger partial charge in [0, 0.05) is 5.69 Å². The fraction of sp³-hybridized carbons (Fsp3) is 0.278. The number of nitrogens with one attached hydrogen (secondary N) is 1. The van der Waals surface area contributed by atoms with Crippen molar-refractivity contribution in [3.05, 3.63) is 66.2 Å². The van der Waals surface area contributed by atoms with Crippen molar-refractivity contribution in [2.24, 2.45) is 5.73 Å². The van der Waals surface area contributed by atoms with Crippen LogP contribution in [0.1, 0.15) is 31.2 Å². The van der Waals surface area contributed by atoms with E-state index in [1.807, 2.05) is 36.4 Å². The summed E-state index contributed by atoms with van der Waals surface area (Å²) < 4.78 is 0. The number of nitrogens with two attached hydrogens (primary N) is 1. The monoisotopic (exact) mass is 298 g/mol. The second-order valence-electron chi connectivity index (χ2n) is 5.21. The number of benzene rings is 2. The van der Waals surface area contributed by atoms with Crippen LogP contribution in [0.15, 0.2) is 60.7 Å². The Morgan fingerprint density at radius 3 is 2.19 bits per heavy atom. The van der Waals surface area contributed by atoms with Gasteiger partial charge in [-0.3, -0.25) is 0 Å². The molecule has 0 radical (unpaired) electrons.